The molecule has 0 fully saturated rings. The summed E-state index contributed by atoms with van der Waals surface area (Å²) in [7, 11) is 0. The van der Waals surface area contributed by atoms with E-state index in [0.29, 0.717) is 0 Å². The maximum absolute atomic E-state index is 7.05. The monoisotopic (exact) mass is 274 g/mol. The molecule has 0 spiro atoms. The molecule has 2 atom stereocenters. The van der Waals surface area contributed by atoms with Crippen LogP contribution in [0.3, 0.4) is 0 Å². The lowest BCUT2D eigenvalue weighted by Gasteiger charge is -2.51. The summed E-state index contributed by atoms with van der Waals surface area (Å²) in [6, 6.07) is 0. The molecule has 0 amide bonds. The molecule has 0 saturated heterocycles. The molecular formula is C15H24Cl2. The number of alkyl halides is 1. The largest absolute Gasteiger partial charge is 0.113 e. The van der Waals surface area contributed by atoms with Crippen molar-refractivity contribution in [1.29, 1.82) is 0 Å². The van der Waals surface area contributed by atoms with Gasteiger partial charge in [0.15, 0.2) is 0 Å². The number of allylic oxidation sites excluding steroid dienone is 4. The molecule has 17 heavy (non-hydrogen) atoms. The highest BCUT2D eigenvalue weighted by Crippen LogP contribution is 2.56. The van der Waals surface area contributed by atoms with Crippen LogP contribution in [0.25, 0.3) is 0 Å². The van der Waals surface area contributed by atoms with Gasteiger partial charge in [-0.3, -0.25) is 0 Å². The standard InChI is InChI=1S/C15H24Cl2/c1-10-11(16)8-9-12(13(2,3)4)15(10,17)14(5,6)7/h8-10H,1-7H3. The predicted molar refractivity (Wildman–Crippen MR) is 78.7 cm³/mol. The van der Waals surface area contributed by atoms with Gasteiger partial charge >= 0.3 is 0 Å². The van der Waals surface area contributed by atoms with Crippen LogP contribution in [0.4, 0.5) is 0 Å². The Morgan fingerprint density at radius 1 is 1.06 bits per heavy atom. The van der Waals surface area contributed by atoms with Gasteiger partial charge in [0.2, 0.25) is 0 Å². The van der Waals surface area contributed by atoms with Crippen LogP contribution in [-0.2, 0) is 0 Å². The first-order valence-corrected chi connectivity index (χ1v) is 6.95. The van der Waals surface area contributed by atoms with E-state index in [1.165, 1.54) is 5.57 Å². The zero-order chi connectivity index (χ0) is 13.6. The van der Waals surface area contributed by atoms with E-state index >= 15 is 0 Å². The fourth-order valence-corrected chi connectivity index (χ4v) is 3.45. The van der Waals surface area contributed by atoms with Gasteiger partial charge in [0.1, 0.15) is 0 Å². The minimum Gasteiger partial charge on any atom is -0.113 e. The molecule has 0 nitrogen and oxygen atoms in total. The van der Waals surface area contributed by atoms with Gasteiger partial charge in [-0.2, -0.15) is 0 Å². The minimum atomic E-state index is -0.420. The molecule has 0 N–H and O–H groups in total. The van der Waals surface area contributed by atoms with Gasteiger partial charge in [0, 0.05) is 11.0 Å². The van der Waals surface area contributed by atoms with Crippen molar-refractivity contribution in [3.05, 3.63) is 22.8 Å². The Morgan fingerprint density at radius 2 is 1.53 bits per heavy atom. The molecule has 0 aliphatic heterocycles. The van der Waals surface area contributed by atoms with Gasteiger partial charge in [-0.15, -0.1) is 11.6 Å². The summed E-state index contributed by atoms with van der Waals surface area (Å²) >= 11 is 13.4. The van der Waals surface area contributed by atoms with Crippen LogP contribution >= 0.6 is 23.2 Å². The van der Waals surface area contributed by atoms with Gasteiger partial charge in [-0.25, -0.2) is 0 Å². The quantitative estimate of drug-likeness (QED) is 0.493. The van der Waals surface area contributed by atoms with Crippen LogP contribution in [0.1, 0.15) is 48.5 Å². The van der Waals surface area contributed by atoms with Crippen LogP contribution in [0.15, 0.2) is 22.8 Å². The molecule has 2 heteroatoms. The highest BCUT2D eigenvalue weighted by molar-refractivity contribution is 6.33. The highest BCUT2D eigenvalue weighted by atomic mass is 35.5. The van der Waals surface area contributed by atoms with Crippen LogP contribution in [0.2, 0.25) is 0 Å². The smallest absolute Gasteiger partial charge is 0.0785 e. The Balaban J connectivity index is 3.44. The molecule has 0 aromatic heterocycles. The van der Waals surface area contributed by atoms with Crippen LogP contribution in [0, 0.1) is 16.7 Å². The van der Waals surface area contributed by atoms with Gasteiger partial charge in [-0.05, 0) is 22.5 Å². The third kappa shape index (κ3) is 2.44. The second-order valence-corrected chi connectivity index (χ2v) is 8.10. The average molecular weight is 275 g/mol. The first-order valence-electron chi connectivity index (χ1n) is 6.19. The molecule has 1 rings (SSSR count). The van der Waals surface area contributed by atoms with E-state index in [9.17, 15) is 0 Å². The Labute approximate surface area is 116 Å². The summed E-state index contributed by atoms with van der Waals surface area (Å²) < 4.78 is 0. The molecule has 2 unspecified atom stereocenters. The second-order valence-electron chi connectivity index (χ2n) is 7.07. The number of hydrogen-bond acceptors (Lipinski definition) is 0. The summed E-state index contributed by atoms with van der Waals surface area (Å²) in [6.45, 7) is 15.3. The van der Waals surface area contributed by atoms with Crippen molar-refractivity contribution < 1.29 is 0 Å². The van der Waals surface area contributed by atoms with Crippen molar-refractivity contribution in [3.8, 4) is 0 Å². The maximum Gasteiger partial charge on any atom is 0.0785 e. The van der Waals surface area contributed by atoms with Gasteiger partial charge in [0.05, 0.1) is 4.87 Å². The molecule has 0 radical (unpaired) electrons. The highest BCUT2D eigenvalue weighted by Gasteiger charge is 2.52. The maximum atomic E-state index is 7.05. The lowest BCUT2D eigenvalue weighted by molar-refractivity contribution is 0.225. The summed E-state index contributed by atoms with van der Waals surface area (Å²) in [5.74, 6) is 0.144. The molecular weight excluding hydrogens is 251 g/mol. The molecule has 0 heterocycles. The van der Waals surface area contributed by atoms with Crippen LogP contribution in [0.5, 0.6) is 0 Å². The first kappa shape index (κ1) is 15.1. The molecule has 0 bridgehead atoms. The van der Waals surface area contributed by atoms with E-state index in [4.69, 9.17) is 23.2 Å². The fraction of sp³-hybridized carbons (Fsp3) is 0.733. The van der Waals surface area contributed by atoms with Crippen LogP contribution < -0.4 is 0 Å². The Hall–Kier alpha value is 0.0600. The number of hydrogen-bond donors (Lipinski definition) is 0. The number of rotatable bonds is 0. The van der Waals surface area contributed by atoms with E-state index < -0.39 is 4.87 Å². The SMILES string of the molecule is CC1C(Cl)=CC=C(C(C)(C)C)C1(Cl)C(C)(C)C. The predicted octanol–water partition coefficient (Wildman–Crippen LogP) is 5.76. The third-order valence-electron chi connectivity index (χ3n) is 3.71. The zero-order valence-electron chi connectivity index (χ0n) is 12.0. The second kappa shape index (κ2) is 4.31. The van der Waals surface area contributed by atoms with E-state index in [0.717, 1.165) is 5.03 Å². The third-order valence-corrected chi connectivity index (χ3v) is 5.26. The van der Waals surface area contributed by atoms with E-state index in [2.05, 4.69) is 54.5 Å². The Bertz CT molecular complexity index is 363. The van der Waals surface area contributed by atoms with Gasteiger partial charge < -0.3 is 0 Å². The van der Waals surface area contributed by atoms with Crippen molar-refractivity contribution in [2.75, 3.05) is 0 Å². The topological polar surface area (TPSA) is 0 Å². The minimum absolute atomic E-state index is 0.0402. The fourth-order valence-electron chi connectivity index (χ4n) is 2.70. The molecule has 1 aliphatic carbocycles. The van der Waals surface area contributed by atoms with Crippen molar-refractivity contribution in [2.45, 2.75) is 53.3 Å². The Morgan fingerprint density at radius 3 is 1.88 bits per heavy atom. The van der Waals surface area contributed by atoms with E-state index in [1.54, 1.807) is 0 Å². The lowest BCUT2D eigenvalue weighted by atomic mass is 9.61. The summed E-state index contributed by atoms with van der Waals surface area (Å²) in [6.07, 6.45) is 4.11. The summed E-state index contributed by atoms with van der Waals surface area (Å²) in [4.78, 5) is -0.420. The molecule has 98 valence electrons. The van der Waals surface area contributed by atoms with Crippen LogP contribution in [-0.4, -0.2) is 4.87 Å². The van der Waals surface area contributed by atoms with E-state index in [1.807, 2.05) is 6.08 Å². The van der Waals surface area contributed by atoms with Gasteiger partial charge in [0.25, 0.3) is 0 Å². The van der Waals surface area contributed by atoms with Gasteiger partial charge in [-0.1, -0.05) is 66.1 Å². The number of halogens is 2. The Kier molecular flexibility index (Phi) is 3.84. The lowest BCUT2D eigenvalue weighted by Crippen LogP contribution is -2.49. The molecule has 0 saturated carbocycles. The molecule has 1 aliphatic rings. The van der Waals surface area contributed by atoms with Crippen molar-refractivity contribution in [3.63, 3.8) is 0 Å². The van der Waals surface area contributed by atoms with E-state index in [-0.39, 0.29) is 16.7 Å². The van der Waals surface area contributed by atoms with Crippen molar-refractivity contribution >= 4 is 23.2 Å². The van der Waals surface area contributed by atoms with Crippen molar-refractivity contribution in [2.24, 2.45) is 16.7 Å². The summed E-state index contributed by atoms with van der Waals surface area (Å²) in [5.41, 5.74) is 1.29. The molecule has 0 aromatic carbocycles. The van der Waals surface area contributed by atoms with Crippen molar-refractivity contribution in [1.82, 2.24) is 0 Å². The zero-order valence-corrected chi connectivity index (χ0v) is 13.5. The first-order chi connectivity index (χ1) is 7.42. The average Bonchev–Trinajstić information content (AvgIpc) is 2.10. The molecule has 0 aromatic rings. The normalized spacial score (nSPS) is 31.0. The summed E-state index contributed by atoms with van der Waals surface area (Å²) in [5, 5.41) is 0.850.